The van der Waals surface area contributed by atoms with Crippen LogP contribution in [0.4, 0.5) is 0 Å². The van der Waals surface area contributed by atoms with Crippen molar-refractivity contribution < 1.29 is 19.1 Å². The smallest absolute Gasteiger partial charge is 0.249 e. The summed E-state index contributed by atoms with van der Waals surface area (Å²) in [7, 11) is 0. The van der Waals surface area contributed by atoms with E-state index in [2.05, 4.69) is 15.8 Å². The molecule has 1 fully saturated rings. The predicted octanol–water partition coefficient (Wildman–Crippen LogP) is 1.70. The lowest BCUT2D eigenvalue weighted by atomic mass is 9.95. The highest BCUT2D eigenvalue weighted by atomic mass is 16.7. The van der Waals surface area contributed by atoms with Crippen molar-refractivity contribution in [1.29, 1.82) is 0 Å². The van der Waals surface area contributed by atoms with Gasteiger partial charge in [0.25, 0.3) is 0 Å². The molecule has 2 aliphatic rings. The summed E-state index contributed by atoms with van der Waals surface area (Å²) in [5, 5.41) is 6.77. The first-order valence-electron chi connectivity index (χ1n) is 8.21. The van der Waals surface area contributed by atoms with Gasteiger partial charge in [0.2, 0.25) is 18.6 Å². The lowest BCUT2D eigenvalue weighted by Crippen LogP contribution is -2.38. The Morgan fingerprint density at radius 3 is 2.75 bits per heavy atom. The molecule has 128 valence electrons. The van der Waals surface area contributed by atoms with Gasteiger partial charge in [0, 0.05) is 6.04 Å². The monoisotopic (exact) mass is 331 g/mol. The van der Waals surface area contributed by atoms with E-state index in [4.69, 9.17) is 9.47 Å². The molecule has 0 bridgehead atoms. The lowest BCUT2D eigenvalue weighted by Gasteiger charge is -2.22. The summed E-state index contributed by atoms with van der Waals surface area (Å²) in [6.45, 7) is 0.211. The molecule has 1 aromatic carbocycles. The number of carbonyl (C=O) groups is 2. The number of benzene rings is 1. The molecule has 2 N–H and O–H groups in total. The van der Waals surface area contributed by atoms with Crippen LogP contribution in [0.5, 0.6) is 11.5 Å². The van der Waals surface area contributed by atoms with Crippen LogP contribution in [0.15, 0.2) is 23.3 Å². The van der Waals surface area contributed by atoms with Gasteiger partial charge in [-0.15, -0.1) is 0 Å². The SMILES string of the molecule is O=C(CC(=O)NC1CCCCC1)NN=Cc1ccc2c(c1)OCO2. The Kier molecular flexibility index (Phi) is 5.30. The molecule has 0 unspecified atom stereocenters. The van der Waals surface area contributed by atoms with Gasteiger partial charge < -0.3 is 14.8 Å². The Balaban J connectivity index is 1.42. The second kappa shape index (κ2) is 7.81. The molecule has 1 heterocycles. The largest absolute Gasteiger partial charge is 0.454 e. The average molecular weight is 331 g/mol. The van der Waals surface area contributed by atoms with Crippen molar-refractivity contribution in [2.75, 3.05) is 6.79 Å². The van der Waals surface area contributed by atoms with Crippen molar-refractivity contribution >= 4 is 18.0 Å². The first kappa shape index (κ1) is 16.3. The number of fused-ring (bicyclic) bond motifs is 1. The number of hydrogen-bond donors (Lipinski definition) is 2. The second-order valence-electron chi connectivity index (χ2n) is 5.99. The number of nitrogens with zero attached hydrogens (tertiary/aromatic N) is 1. The van der Waals surface area contributed by atoms with E-state index in [1.165, 1.54) is 12.6 Å². The Bertz CT molecular complexity index is 639. The minimum Gasteiger partial charge on any atom is -0.454 e. The molecule has 1 aromatic rings. The summed E-state index contributed by atoms with van der Waals surface area (Å²) in [4.78, 5) is 23.6. The molecule has 2 amide bonds. The molecule has 7 heteroatoms. The highest BCUT2D eigenvalue weighted by Gasteiger charge is 2.17. The van der Waals surface area contributed by atoms with Crippen molar-refractivity contribution in [2.45, 2.75) is 44.6 Å². The van der Waals surface area contributed by atoms with Gasteiger partial charge in [-0.2, -0.15) is 5.10 Å². The van der Waals surface area contributed by atoms with Gasteiger partial charge in [-0.3, -0.25) is 9.59 Å². The number of ether oxygens (including phenoxy) is 2. The average Bonchev–Trinajstić information content (AvgIpc) is 3.03. The Hall–Kier alpha value is -2.57. The van der Waals surface area contributed by atoms with Crippen LogP contribution in [0.25, 0.3) is 0 Å². The van der Waals surface area contributed by atoms with Gasteiger partial charge in [-0.1, -0.05) is 19.3 Å². The molecule has 0 aromatic heterocycles. The molecule has 1 saturated carbocycles. The van der Waals surface area contributed by atoms with Crippen LogP contribution in [0.3, 0.4) is 0 Å². The summed E-state index contributed by atoms with van der Waals surface area (Å²) in [6, 6.07) is 5.56. The third kappa shape index (κ3) is 4.47. The van der Waals surface area contributed by atoms with E-state index in [1.807, 2.05) is 0 Å². The lowest BCUT2D eigenvalue weighted by molar-refractivity contribution is -0.129. The fourth-order valence-electron chi connectivity index (χ4n) is 2.88. The first-order valence-corrected chi connectivity index (χ1v) is 8.21. The predicted molar refractivity (Wildman–Crippen MR) is 87.9 cm³/mol. The molecule has 3 rings (SSSR count). The fraction of sp³-hybridized carbons (Fsp3) is 0.471. The van der Waals surface area contributed by atoms with Crippen LogP contribution in [0, 0.1) is 0 Å². The van der Waals surface area contributed by atoms with E-state index in [-0.39, 0.29) is 25.2 Å². The summed E-state index contributed by atoms with van der Waals surface area (Å²) >= 11 is 0. The van der Waals surface area contributed by atoms with Crippen LogP contribution in [0.2, 0.25) is 0 Å². The number of hydrogen-bond acceptors (Lipinski definition) is 5. The Labute approximate surface area is 140 Å². The molecule has 1 aliphatic carbocycles. The number of hydrazone groups is 1. The van der Waals surface area contributed by atoms with Crippen molar-refractivity contribution in [3.05, 3.63) is 23.8 Å². The van der Waals surface area contributed by atoms with E-state index >= 15 is 0 Å². The molecule has 1 aliphatic heterocycles. The molecule has 7 nitrogen and oxygen atoms in total. The van der Waals surface area contributed by atoms with Crippen LogP contribution in [-0.2, 0) is 9.59 Å². The Morgan fingerprint density at radius 1 is 1.12 bits per heavy atom. The van der Waals surface area contributed by atoms with Gasteiger partial charge >= 0.3 is 0 Å². The van der Waals surface area contributed by atoms with E-state index in [0.29, 0.717) is 11.5 Å². The third-order valence-corrected chi connectivity index (χ3v) is 4.09. The summed E-state index contributed by atoms with van der Waals surface area (Å²) in [6.07, 6.45) is 6.77. The minimum atomic E-state index is -0.430. The number of rotatable bonds is 5. The van der Waals surface area contributed by atoms with Gasteiger partial charge in [0.1, 0.15) is 6.42 Å². The molecule has 0 spiro atoms. The summed E-state index contributed by atoms with van der Waals surface area (Å²) < 4.78 is 10.5. The van der Waals surface area contributed by atoms with Gasteiger partial charge in [-0.25, -0.2) is 5.43 Å². The summed E-state index contributed by atoms with van der Waals surface area (Å²) in [5.41, 5.74) is 3.13. The second-order valence-corrected chi connectivity index (χ2v) is 5.99. The van der Waals surface area contributed by atoms with Crippen LogP contribution in [0.1, 0.15) is 44.1 Å². The molecular weight excluding hydrogens is 310 g/mol. The molecular formula is C17H21N3O4. The summed E-state index contributed by atoms with van der Waals surface area (Å²) in [5.74, 6) is 0.658. The zero-order chi connectivity index (χ0) is 16.8. The zero-order valence-corrected chi connectivity index (χ0v) is 13.4. The standard InChI is InChI=1S/C17H21N3O4/c21-16(19-13-4-2-1-3-5-13)9-17(22)20-18-10-12-6-7-14-15(8-12)24-11-23-14/h6-8,10,13H,1-5,9,11H2,(H,19,21)(H,20,22). The number of carbonyl (C=O) groups excluding carboxylic acids is 2. The fourth-order valence-corrected chi connectivity index (χ4v) is 2.88. The van der Waals surface area contributed by atoms with Crippen molar-refractivity contribution in [3.63, 3.8) is 0 Å². The highest BCUT2D eigenvalue weighted by molar-refractivity contribution is 5.97. The van der Waals surface area contributed by atoms with Crippen LogP contribution in [-0.4, -0.2) is 30.9 Å². The van der Waals surface area contributed by atoms with Crippen LogP contribution < -0.4 is 20.2 Å². The van der Waals surface area contributed by atoms with Crippen molar-refractivity contribution in [1.82, 2.24) is 10.7 Å². The maximum absolute atomic E-state index is 11.8. The highest BCUT2D eigenvalue weighted by Crippen LogP contribution is 2.31. The van der Waals surface area contributed by atoms with Gasteiger partial charge in [0.05, 0.1) is 6.21 Å². The van der Waals surface area contributed by atoms with Crippen molar-refractivity contribution in [2.24, 2.45) is 5.10 Å². The third-order valence-electron chi connectivity index (χ3n) is 4.09. The molecule has 0 saturated heterocycles. The maximum atomic E-state index is 11.8. The quantitative estimate of drug-likeness (QED) is 0.488. The number of amides is 2. The van der Waals surface area contributed by atoms with Crippen molar-refractivity contribution in [3.8, 4) is 11.5 Å². The minimum absolute atomic E-state index is 0.205. The normalized spacial score (nSPS) is 17.0. The topological polar surface area (TPSA) is 89.0 Å². The Morgan fingerprint density at radius 2 is 1.92 bits per heavy atom. The van der Waals surface area contributed by atoms with E-state index in [1.54, 1.807) is 18.2 Å². The van der Waals surface area contributed by atoms with E-state index < -0.39 is 5.91 Å². The molecule has 24 heavy (non-hydrogen) atoms. The van der Waals surface area contributed by atoms with E-state index in [9.17, 15) is 9.59 Å². The van der Waals surface area contributed by atoms with Gasteiger partial charge in [-0.05, 0) is 36.6 Å². The van der Waals surface area contributed by atoms with E-state index in [0.717, 1.165) is 31.2 Å². The maximum Gasteiger partial charge on any atom is 0.249 e. The number of nitrogens with one attached hydrogen (secondary N) is 2. The molecule has 0 radical (unpaired) electrons. The van der Waals surface area contributed by atoms with Gasteiger partial charge in [0.15, 0.2) is 11.5 Å². The first-order chi connectivity index (χ1) is 11.7. The zero-order valence-electron chi connectivity index (χ0n) is 13.4. The van der Waals surface area contributed by atoms with Crippen LogP contribution >= 0.6 is 0 Å². The molecule has 0 atom stereocenters.